The second kappa shape index (κ2) is 8.16. The highest BCUT2D eigenvalue weighted by Crippen LogP contribution is 2.29. The van der Waals surface area contributed by atoms with E-state index in [1.807, 2.05) is 18.2 Å². The molecule has 0 fully saturated rings. The lowest BCUT2D eigenvalue weighted by Crippen LogP contribution is -2.25. The van der Waals surface area contributed by atoms with E-state index in [9.17, 15) is 24.3 Å². The van der Waals surface area contributed by atoms with Crippen LogP contribution < -0.4 is 10.5 Å². The number of benzene rings is 1. The Morgan fingerprint density at radius 3 is 2.53 bits per heavy atom. The second-order valence-corrected chi connectivity index (χ2v) is 6.50. The number of carboxylic acid groups (broad SMARTS) is 1. The third-order valence-electron chi connectivity index (χ3n) is 4.78. The van der Waals surface area contributed by atoms with Crippen LogP contribution in [0.1, 0.15) is 44.6 Å². The molecule has 0 aliphatic rings. The molecule has 0 spiro atoms. The fraction of sp³-hybridized carbons (Fsp3) is 0.190. The first-order chi connectivity index (χ1) is 14.3. The summed E-state index contributed by atoms with van der Waals surface area (Å²) in [6, 6.07) is 7.28. The molecular formula is C21H19N3O6. The number of nitrogens with zero attached hydrogens (tertiary/aromatic N) is 2. The molecule has 0 aliphatic carbocycles. The van der Waals surface area contributed by atoms with Gasteiger partial charge in [0.2, 0.25) is 0 Å². The van der Waals surface area contributed by atoms with Crippen LogP contribution >= 0.6 is 0 Å². The van der Waals surface area contributed by atoms with Crippen LogP contribution in [-0.2, 0) is 22.4 Å². The summed E-state index contributed by atoms with van der Waals surface area (Å²) in [5.41, 5.74) is 6.63. The van der Waals surface area contributed by atoms with Crippen LogP contribution in [0.15, 0.2) is 36.7 Å². The van der Waals surface area contributed by atoms with E-state index in [-0.39, 0.29) is 11.1 Å². The second-order valence-electron chi connectivity index (χ2n) is 6.50. The van der Waals surface area contributed by atoms with Crippen molar-refractivity contribution in [2.75, 3.05) is 7.11 Å². The number of Topliss-reactive ketones (excluding diaryl/α,β-unsaturated/α-hetero) is 2. The summed E-state index contributed by atoms with van der Waals surface area (Å²) in [5.74, 6) is -4.58. The number of carbonyl (C=O) groups is 4. The van der Waals surface area contributed by atoms with Gasteiger partial charge < -0.3 is 20.0 Å². The zero-order chi connectivity index (χ0) is 22.0. The van der Waals surface area contributed by atoms with Crippen molar-refractivity contribution >= 4 is 29.0 Å². The number of carboxylic acids is 1. The summed E-state index contributed by atoms with van der Waals surface area (Å²) < 4.78 is 6.77. The monoisotopic (exact) mass is 409 g/mol. The zero-order valence-corrected chi connectivity index (χ0v) is 16.3. The highest BCUT2D eigenvalue weighted by Gasteiger charge is 2.31. The molecule has 9 nitrogen and oxygen atoms in total. The average molecular weight is 409 g/mol. The van der Waals surface area contributed by atoms with Crippen molar-refractivity contribution in [1.29, 1.82) is 0 Å². The molecule has 0 unspecified atom stereocenters. The van der Waals surface area contributed by atoms with E-state index < -0.39 is 29.1 Å². The molecule has 0 atom stereocenters. The van der Waals surface area contributed by atoms with Gasteiger partial charge in [0.25, 0.3) is 17.5 Å². The summed E-state index contributed by atoms with van der Waals surface area (Å²) in [7, 11) is 1.54. The Balaban J connectivity index is 2.35. The van der Waals surface area contributed by atoms with Crippen LogP contribution in [0.25, 0.3) is 5.52 Å². The van der Waals surface area contributed by atoms with Crippen molar-refractivity contribution in [2.24, 2.45) is 5.73 Å². The molecule has 0 saturated heterocycles. The minimum atomic E-state index is -1.72. The number of aliphatic carboxylic acids is 1. The predicted molar refractivity (Wildman–Crippen MR) is 106 cm³/mol. The first-order valence-electron chi connectivity index (χ1n) is 9.05. The van der Waals surface area contributed by atoms with Crippen LogP contribution in [-0.4, -0.2) is 45.0 Å². The third kappa shape index (κ3) is 3.52. The molecule has 0 aliphatic heterocycles. The highest BCUT2D eigenvalue weighted by molar-refractivity contribution is 6.46. The van der Waals surface area contributed by atoms with E-state index in [0.717, 1.165) is 5.56 Å². The van der Waals surface area contributed by atoms with Crippen LogP contribution in [0.4, 0.5) is 0 Å². The molecule has 154 valence electrons. The molecule has 0 radical (unpaired) electrons. The van der Waals surface area contributed by atoms with E-state index in [0.29, 0.717) is 29.8 Å². The van der Waals surface area contributed by atoms with Crippen LogP contribution in [0.3, 0.4) is 0 Å². The number of hydrogen-bond donors (Lipinski definition) is 2. The van der Waals surface area contributed by atoms with E-state index in [2.05, 4.69) is 4.98 Å². The maximum absolute atomic E-state index is 12.7. The normalized spacial score (nSPS) is 10.7. The van der Waals surface area contributed by atoms with Crippen molar-refractivity contribution in [3.63, 3.8) is 0 Å². The summed E-state index contributed by atoms with van der Waals surface area (Å²) in [5, 5.41) is 9.17. The molecule has 2 aromatic heterocycles. The number of ketones is 2. The highest BCUT2D eigenvalue weighted by atomic mass is 16.5. The number of hydrogen-bond acceptors (Lipinski definition) is 6. The van der Waals surface area contributed by atoms with Crippen molar-refractivity contribution in [2.45, 2.75) is 19.8 Å². The zero-order valence-electron chi connectivity index (χ0n) is 16.3. The lowest BCUT2D eigenvalue weighted by atomic mass is 9.98. The smallest absolute Gasteiger partial charge is 0.379 e. The van der Waals surface area contributed by atoms with E-state index in [1.54, 1.807) is 20.1 Å². The Bertz CT molecular complexity index is 1190. The van der Waals surface area contributed by atoms with Gasteiger partial charge >= 0.3 is 5.97 Å². The predicted octanol–water partition coefficient (Wildman–Crippen LogP) is 1.43. The fourth-order valence-corrected chi connectivity index (χ4v) is 3.50. The molecule has 0 saturated carbocycles. The minimum Gasteiger partial charge on any atom is -0.497 e. The van der Waals surface area contributed by atoms with Gasteiger partial charge in [-0.15, -0.1) is 0 Å². The molecule has 0 bridgehead atoms. The van der Waals surface area contributed by atoms with Gasteiger partial charge in [-0.1, -0.05) is 19.1 Å². The first-order valence-corrected chi connectivity index (χ1v) is 9.05. The number of amides is 1. The van der Waals surface area contributed by atoms with Crippen molar-refractivity contribution in [3.8, 4) is 5.75 Å². The summed E-state index contributed by atoms with van der Waals surface area (Å²) >= 11 is 0. The Morgan fingerprint density at radius 1 is 1.20 bits per heavy atom. The van der Waals surface area contributed by atoms with Crippen molar-refractivity contribution in [3.05, 3.63) is 64.7 Å². The largest absolute Gasteiger partial charge is 0.497 e. The van der Waals surface area contributed by atoms with Gasteiger partial charge in [-0.2, -0.15) is 0 Å². The van der Waals surface area contributed by atoms with E-state index >= 15 is 0 Å². The molecular weight excluding hydrogens is 390 g/mol. The van der Waals surface area contributed by atoms with Gasteiger partial charge in [0.15, 0.2) is 0 Å². The number of ether oxygens (including phenoxy) is 1. The number of aromatic nitrogens is 2. The molecule has 1 aromatic carbocycles. The van der Waals surface area contributed by atoms with Crippen LogP contribution in [0, 0.1) is 0 Å². The number of methoxy groups -OCH3 is 1. The molecule has 30 heavy (non-hydrogen) atoms. The molecule has 1 amide bonds. The van der Waals surface area contributed by atoms with Gasteiger partial charge in [-0.25, -0.2) is 9.78 Å². The molecule has 3 N–H and O–H groups in total. The van der Waals surface area contributed by atoms with Gasteiger partial charge in [-0.3, -0.25) is 14.4 Å². The summed E-state index contributed by atoms with van der Waals surface area (Å²) in [6.07, 6.45) is 3.46. The number of primary amides is 1. The molecule has 3 aromatic rings. The van der Waals surface area contributed by atoms with Crippen LogP contribution in [0.5, 0.6) is 5.75 Å². The molecule has 9 heteroatoms. The summed E-state index contributed by atoms with van der Waals surface area (Å²) in [4.78, 5) is 51.8. The Morgan fingerprint density at radius 2 is 1.93 bits per heavy atom. The average Bonchev–Trinajstić information content (AvgIpc) is 3.05. The quantitative estimate of drug-likeness (QED) is 0.423. The maximum atomic E-state index is 12.7. The Hall–Kier alpha value is -4.01. The van der Waals surface area contributed by atoms with Gasteiger partial charge in [0.1, 0.15) is 11.4 Å². The van der Waals surface area contributed by atoms with Gasteiger partial charge in [0.05, 0.1) is 18.2 Å². The number of carbonyl (C=O) groups excluding carboxylic acids is 3. The Labute approximate surface area is 171 Å². The lowest BCUT2D eigenvalue weighted by Gasteiger charge is -2.08. The summed E-state index contributed by atoms with van der Waals surface area (Å²) in [6.45, 7) is 1.79. The third-order valence-corrected chi connectivity index (χ3v) is 4.78. The fourth-order valence-electron chi connectivity index (χ4n) is 3.50. The van der Waals surface area contributed by atoms with Gasteiger partial charge in [0, 0.05) is 24.5 Å². The van der Waals surface area contributed by atoms with Crippen LogP contribution in [0.2, 0.25) is 0 Å². The number of rotatable bonds is 8. The number of fused-ring (bicyclic) bond motifs is 1. The minimum absolute atomic E-state index is 0.0385. The molecule has 3 rings (SSSR count). The van der Waals surface area contributed by atoms with E-state index in [4.69, 9.17) is 10.5 Å². The standard InChI is InChI=1S/C21H19N3O6/c1-3-13-14(10-11-5-4-6-12(9-11)30-2)24-8-7-23-16(19(26)21(28)29)17(24)15(13)18(25)20(22)27/h4-9H,3,10H2,1-2H3,(H2,22,27)(H,28,29). The SMILES string of the molecule is CCc1c(C(=O)C(N)=O)c2c(C(=O)C(=O)O)nccn2c1Cc1cccc(OC)c1. The van der Waals surface area contributed by atoms with Gasteiger partial charge in [-0.05, 0) is 29.7 Å². The van der Waals surface area contributed by atoms with E-state index in [1.165, 1.54) is 16.8 Å². The molecule has 2 heterocycles. The van der Waals surface area contributed by atoms with Crippen molar-refractivity contribution in [1.82, 2.24) is 9.38 Å². The topological polar surface area (TPSA) is 141 Å². The first kappa shape index (κ1) is 20.7. The lowest BCUT2D eigenvalue weighted by molar-refractivity contribution is -0.131. The maximum Gasteiger partial charge on any atom is 0.379 e. The Kier molecular flexibility index (Phi) is 5.63. The van der Waals surface area contributed by atoms with Crippen molar-refractivity contribution < 1.29 is 29.0 Å². The number of nitrogens with two attached hydrogens (primary N) is 1.